The van der Waals surface area contributed by atoms with Gasteiger partial charge in [0.15, 0.2) is 17.2 Å². The van der Waals surface area contributed by atoms with E-state index >= 15 is 0 Å². The Morgan fingerprint density at radius 2 is 1.39 bits per heavy atom. The summed E-state index contributed by atoms with van der Waals surface area (Å²) in [7, 11) is 0. The lowest BCUT2D eigenvalue weighted by Gasteiger charge is -2.13. The van der Waals surface area contributed by atoms with Crippen molar-refractivity contribution in [2.75, 3.05) is 26.4 Å². The van der Waals surface area contributed by atoms with Crippen molar-refractivity contribution in [2.24, 2.45) is 0 Å². The standard InChI is InChI=1S/2C6H6O2S/c1-4-9-6-5(1)7-2-3-8-6;1-2-8-6-4-9-3-5(6)7-1/h1,4H,2-3H2;3-4H,1-2H2. The molecule has 2 aliphatic heterocycles. The molecule has 0 unspecified atom stereocenters. The van der Waals surface area contributed by atoms with Crippen LogP contribution in [0, 0.1) is 0 Å². The quantitative estimate of drug-likeness (QED) is 0.745. The Morgan fingerprint density at radius 3 is 2.06 bits per heavy atom. The SMILES string of the molecule is c1cc2c(s1)OCCO2.c1scc2c1OCCO2. The number of ether oxygens (including phenoxy) is 4. The zero-order valence-electron chi connectivity index (χ0n) is 9.59. The van der Waals surface area contributed by atoms with Gasteiger partial charge in [-0.25, -0.2) is 0 Å². The van der Waals surface area contributed by atoms with Gasteiger partial charge in [-0.1, -0.05) is 0 Å². The second-order valence-corrected chi connectivity index (χ2v) is 5.19. The fraction of sp³-hybridized carbons (Fsp3) is 0.333. The van der Waals surface area contributed by atoms with Gasteiger partial charge in [-0.2, -0.15) is 0 Å². The summed E-state index contributed by atoms with van der Waals surface area (Å²) in [5.74, 6) is 2.68. The van der Waals surface area contributed by atoms with Gasteiger partial charge >= 0.3 is 0 Å². The first-order valence-corrected chi connectivity index (χ1v) is 7.40. The molecule has 4 nitrogen and oxygen atoms in total. The molecular formula is C12H12O4S2. The molecule has 0 fully saturated rings. The molecule has 0 saturated heterocycles. The maximum Gasteiger partial charge on any atom is 0.217 e. The Labute approximate surface area is 113 Å². The molecule has 96 valence electrons. The topological polar surface area (TPSA) is 36.9 Å². The predicted molar refractivity (Wildman–Crippen MR) is 70.6 cm³/mol. The highest BCUT2D eigenvalue weighted by Crippen LogP contribution is 2.35. The van der Waals surface area contributed by atoms with Gasteiger partial charge in [-0.3, -0.25) is 0 Å². The molecule has 0 radical (unpaired) electrons. The van der Waals surface area contributed by atoms with Crippen LogP contribution in [0.3, 0.4) is 0 Å². The maximum absolute atomic E-state index is 5.26. The Kier molecular flexibility index (Phi) is 3.56. The molecular weight excluding hydrogens is 272 g/mol. The summed E-state index contributed by atoms with van der Waals surface area (Å²) in [6.07, 6.45) is 0. The molecule has 18 heavy (non-hydrogen) atoms. The van der Waals surface area contributed by atoms with Crippen molar-refractivity contribution < 1.29 is 18.9 Å². The minimum Gasteiger partial charge on any atom is -0.485 e. The molecule has 4 rings (SSSR count). The van der Waals surface area contributed by atoms with Crippen LogP contribution < -0.4 is 18.9 Å². The van der Waals surface area contributed by atoms with Gasteiger partial charge < -0.3 is 18.9 Å². The third-order valence-corrected chi connectivity index (χ3v) is 3.87. The Morgan fingerprint density at radius 1 is 0.778 bits per heavy atom. The number of thiophene rings is 2. The van der Waals surface area contributed by atoms with E-state index in [9.17, 15) is 0 Å². The zero-order chi connectivity index (χ0) is 12.2. The average Bonchev–Trinajstić information content (AvgIpc) is 3.08. The van der Waals surface area contributed by atoms with E-state index in [2.05, 4.69) is 0 Å². The molecule has 0 N–H and O–H groups in total. The molecule has 0 aliphatic carbocycles. The lowest BCUT2D eigenvalue weighted by atomic mass is 10.5. The highest BCUT2D eigenvalue weighted by Gasteiger charge is 2.11. The van der Waals surface area contributed by atoms with Gasteiger partial charge in [0.1, 0.15) is 26.4 Å². The lowest BCUT2D eigenvalue weighted by Crippen LogP contribution is -2.13. The van der Waals surface area contributed by atoms with E-state index in [0.717, 1.165) is 22.3 Å². The van der Waals surface area contributed by atoms with Crippen molar-refractivity contribution in [1.29, 1.82) is 0 Å². The monoisotopic (exact) mass is 284 g/mol. The van der Waals surface area contributed by atoms with Crippen LogP contribution in [0.1, 0.15) is 0 Å². The zero-order valence-corrected chi connectivity index (χ0v) is 11.2. The maximum atomic E-state index is 5.26. The Hall–Kier alpha value is -1.40. The molecule has 0 spiro atoms. The third-order valence-electron chi connectivity index (χ3n) is 2.36. The van der Waals surface area contributed by atoms with Gasteiger partial charge in [-0.15, -0.1) is 22.7 Å². The van der Waals surface area contributed by atoms with Crippen molar-refractivity contribution in [3.05, 3.63) is 22.2 Å². The molecule has 2 aromatic heterocycles. The molecule has 2 aromatic rings. The molecule has 4 heterocycles. The largest absolute Gasteiger partial charge is 0.485 e. The summed E-state index contributed by atoms with van der Waals surface area (Å²) in [6, 6.07) is 1.93. The van der Waals surface area contributed by atoms with Crippen molar-refractivity contribution in [1.82, 2.24) is 0 Å². The third kappa shape index (κ3) is 2.54. The summed E-state index contributed by atoms with van der Waals surface area (Å²) >= 11 is 3.18. The molecule has 0 bridgehead atoms. The molecule has 6 heteroatoms. The summed E-state index contributed by atoms with van der Waals surface area (Å²) < 4.78 is 21.0. The highest BCUT2D eigenvalue weighted by molar-refractivity contribution is 7.12. The van der Waals surface area contributed by atoms with Crippen molar-refractivity contribution in [2.45, 2.75) is 0 Å². The van der Waals surface area contributed by atoms with Crippen LogP contribution in [0.25, 0.3) is 0 Å². The van der Waals surface area contributed by atoms with E-state index in [-0.39, 0.29) is 0 Å². The van der Waals surface area contributed by atoms with Crippen LogP contribution in [-0.2, 0) is 0 Å². The summed E-state index contributed by atoms with van der Waals surface area (Å²) in [6.45, 7) is 2.74. The van der Waals surface area contributed by atoms with E-state index in [1.165, 1.54) is 0 Å². The van der Waals surface area contributed by atoms with Crippen LogP contribution in [0.4, 0.5) is 0 Å². The fourth-order valence-electron chi connectivity index (χ4n) is 1.57. The first-order valence-electron chi connectivity index (χ1n) is 5.58. The first kappa shape index (κ1) is 11.7. The normalized spacial score (nSPS) is 15.6. The van der Waals surface area contributed by atoms with Crippen molar-refractivity contribution in [3.8, 4) is 22.3 Å². The van der Waals surface area contributed by atoms with Crippen LogP contribution in [-0.4, -0.2) is 26.4 Å². The minimum absolute atomic E-state index is 0.684. The smallest absolute Gasteiger partial charge is 0.217 e. The van der Waals surface area contributed by atoms with Crippen LogP contribution in [0.15, 0.2) is 22.2 Å². The van der Waals surface area contributed by atoms with E-state index in [0.29, 0.717) is 26.4 Å². The number of hydrogen-bond acceptors (Lipinski definition) is 6. The van der Waals surface area contributed by atoms with Crippen molar-refractivity contribution >= 4 is 22.7 Å². The number of fused-ring (bicyclic) bond motifs is 2. The van der Waals surface area contributed by atoms with Gasteiger partial charge in [0, 0.05) is 10.8 Å². The van der Waals surface area contributed by atoms with Crippen LogP contribution in [0.2, 0.25) is 0 Å². The number of hydrogen-bond donors (Lipinski definition) is 0. The Balaban J connectivity index is 0.000000111. The second kappa shape index (κ2) is 5.49. The number of rotatable bonds is 0. The first-order chi connectivity index (χ1) is 8.93. The summed E-state index contributed by atoms with van der Waals surface area (Å²) in [5.41, 5.74) is 0. The van der Waals surface area contributed by atoms with E-state index in [4.69, 9.17) is 18.9 Å². The molecule has 0 saturated carbocycles. The highest BCUT2D eigenvalue weighted by atomic mass is 32.1. The minimum atomic E-state index is 0.684. The van der Waals surface area contributed by atoms with Gasteiger partial charge in [0.05, 0.1) is 0 Å². The van der Waals surface area contributed by atoms with Crippen LogP contribution >= 0.6 is 22.7 Å². The average molecular weight is 284 g/mol. The Bertz CT molecular complexity index is 418. The summed E-state index contributed by atoms with van der Waals surface area (Å²) in [5, 5.41) is 6.79. The summed E-state index contributed by atoms with van der Waals surface area (Å²) in [4.78, 5) is 0. The van der Waals surface area contributed by atoms with E-state index < -0.39 is 0 Å². The van der Waals surface area contributed by atoms with E-state index in [1.54, 1.807) is 22.7 Å². The molecule has 0 amide bonds. The van der Waals surface area contributed by atoms with Crippen molar-refractivity contribution in [3.63, 3.8) is 0 Å². The van der Waals surface area contributed by atoms with Gasteiger partial charge in [-0.05, 0) is 11.4 Å². The predicted octanol–water partition coefficient (Wildman–Crippen LogP) is 3.04. The lowest BCUT2D eigenvalue weighted by molar-refractivity contribution is 0.173. The van der Waals surface area contributed by atoms with Gasteiger partial charge in [0.2, 0.25) is 5.06 Å². The fourth-order valence-corrected chi connectivity index (χ4v) is 2.96. The molecule has 0 aromatic carbocycles. The second-order valence-electron chi connectivity index (χ2n) is 3.57. The molecule has 2 aliphatic rings. The molecule has 0 atom stereocenters. The van der Waals surface area contributed by atoms with Gasteiger partial charge in [0.25, 0.3) is 0 Å². The van der Waals surface area contributed by atoms with E-state index in [1.807, 2.05) is 22.2 Å². The van der Waals surface area contributed by atoms with Crippen LogP contribution in [0.5, 0.6) is 22.3 Å².